The molecule has 1 heterocycles. The molecular formula is C12H8ClFN2O. The summed E-state index contributed by atoms with van der Waals surface area (Å²) in [6, 6.07) is 7.41. The SMILES string of the molecule is O=C(Nc1cccnc1)c1c(F)cccc1Cl. The average molecular weight is 251 g/mol. The van der Waals surface area contributed by atoms with E-state index in [-0.39, 0.29) is 10.6 Å². The van der Waals surface area contributed by atoms with Gasteiger partial charge >= 0.3 is 0 Å². The zero-order valence-corrected chi connectivity index (χ0v) is 9.41. The van der Waals surface area contributed by atoms with Crippen molar-refractivity contribution in [2.75, 3.05) is 5.32 Å². The highest BCUT2D eigenvalue weighted by atomic mass is 35.5. The van der Waals surface area contributed by atoms with Crippen LogP contribution in [-0.2, 0) is 0 Å². The number of benzene rings is 1. The van der Waals surface area contributed by atoms with E-state index in [9.17, 15) is 9.18 Å². The van der Waals surface area contributed by atoms with E-state index in [2.05, 4.69) is 10.3 Å². The molecule has 0 fully saturated rings. The Morgan fingerprint density at radius 2 is 2.12 bits per heavy atom. The quantitative estimate of drug-likeness (QED) is 0.890. The van der Waals surface area contributed by atoms with Crippen LogP contribution in [0.5, 0.6) is 0 Å². The van der Waals surface area contributed by atoms with Crippen LogP contribution in [0.3, 0.4) is 0 Å². The van der Waals surface area contributed by atoms with Crippen LogP contribution >= 0.6 is 11.6 Å². The second kappa shape index (κ2) is 4.93. The minimum atomic E-state index is -0.654. The zero-order valence-electron chi connectivity index (χ0n) is 8.65. The van der Waals surface area contributed by atoms with Crippen molar-refractivity contribution in [1.29, 1.82) is 0 Å². The number of aromatic nitrogens is 1. The fourth-order valence-corrected chi connectivity index (χ4v) is 1.59. The van der Waals surface area contributed by atoms with Crippen molar-refractivity contribution in [2.45, 2.75) is 0 Å². The van der Waals surface area contributed by atoms with Crippen LogP contribution in [0.2, 0.25) is 5.02 Å². The third kappa shape index (κ3) is 2.60. The first-order chi connectivity index (χ1) is 8.18. The molecule has 2 aromatic rings. The van der Waals surface area contributed by atoms with Gasteiger partial charge in [0, 0.05) is 6.20 Å². The molecule has 0 aliphatic rings. The summed E-state index contributed by atoms with van der Waals surface area (Å²) >= 11 is 5.77. The van der Waals surface area contributed by atoms with Crippen molar-refractivity contribution in [3.63, 3.8) is 0 Å². The number of halogens is 2. The van der Waals surface area contributed by atoms with E-state index in [0.29, 0.717) is 5.69 Å². The van der Waals surface area contributed by atoms with E-state index in [1.54, 1.807) is 18.3 Å². The molecule has 0 radical (unpaired) electrons. The second-order valence-electron chi connectivity index (χ2n) is 3.29. The lowest BCUT2D eigenvalue weighted by Gasteiger charge is -2.06. The Bertz CT molecular complexity index is 525. The summed E-state index contributed by atoms with van der Waals surface area (Å²) in [5.74, 6) is -1.25. The summed E-state index contributed by atoms with van der Waals surface area (Å²) in [5.41, 5.74) is 0.315. The van der Waals surface area contributed by atoms with Crippen molar-refractivity contribution in [2.24, 2.45) is 0 Å². The molecule has 0 bridgehead atoms. The first-order valence-corrected chi connectivity index (χ1v) is 5.21. The molecule has 1 aromatic heterocycles. The van der Waals surface area contributed by atoms with Gasteiger partial charge in [0.2, 0.25) is 0 Å². The molecule has 0 atom stereocenters. The van der Waals surface area contributed by atoms with Crippen molar-refractivity contribution in [3.05, 3.63) is 59.1 Å². The third-order valence-electron chi connectivity index (χ3n) is 2.11. The highest BCUT2D eigenvalue weighted by Gasteiger charge is 2.15. The summed E-state index contributed by atoms with van der Waals surface area (Å²) in [7, 11) is 0. The van der Waals surface area contributed by atoms with E-state index in [1.807, 2.05) is 0 Å². The van der Waals surface area contributed by atoms with Gasteiger partial charge in [0.15, 0.2) is 0 Å². The van der Waals surface area contributed by atoms with E-state index >= 15 is 0 Å². The van der Waals surface area contributed by atoms with Crippen molar-refractivity contribution < 1.29 is 9.18 Å². The number of hydrogen-bond acceptors (Lipinski definition) is 2. The predicted octanol–water partition coefficient (Wildman–Crippen LogP) is 3.13. The highest BCUT2D eigenvalue weighted by molar-refractivity contribution is 6.34. The van der Waals surface area contributed by atoms with Crippen molar-refractivity contribution >= 4 is 23.2 Å². The Morgan fingerprint density at radius 3 is 2.76 bits per heavy atom. The zero-order chi connectivity index (χ0) is 12.3. The lowest BCUT2D eigenvalue weighted by molar-refractivity contribution is 0.102. The number of hydrogen-bond donors (Lipinski definition) is 1. The fraction of sp³-hybridized carbons (Fsp3) is 0. The van der Waals surface area contributed by atoms with Crippen LogP contribution in [0.1, 0.15) is 10.4 Å². The minimum Gasteiger partial charge on any atom is -0.320 e. The molecule has 3 nitrogen and oxygen atoms in total. The smallest absolute Gasteiger partial charge is 0.260 e. The summed E-state index contributed by atoms with van der Waals surface area (Å²) in [6.45, 7) is 0. The summed E-state index contributed by atoms with van der Waals surface area (Å²) < 4.78 is 13.4. The monoisotopic (exact) mass is 250 g/mol. The molecule has 0 spiro atoms. The van der Waals surface area contributed by atoms with Crippen LogP contribution in [0.25, 0.3) is 0 Å². The van der Waals surface area contributed by atoms with E-state index < -0.39 is 11.7 Å². The minimum absolute atomic E-state index is 0.0754. The van der Waals surface area contributed by atoms with Gasteiger partial charge in [0.05, 0.1) is 22.5 Å². The van der Waals surface area contributed by atoms with Gasteiger partial charge in [0.25, 0.3) is 5.91 Å². The first-order valence-electron chi connectivity index (χ1n) is 4.84. The fourth-order valence-electron chi connectivity index (χ4n) is 1.35. The predicted molar refractivity (Wildman–Crippen MR) is 63.6 cm³/mol. The highest BCUT2D eigenvalue weighted by Crippen LogP contribution is 2.20. The molecule has 2 rings (SSSR count). The number of pyridine rings is 1. The molecule has 1 amide bonds. The van der Waals surface area contributed by atoms with Crippen LogP contribution in [0.4, 0.5) is 10.1 Å². The van der Waals surface area contributed by atoms with Crippen molar-refractivity contribution in [1.82, 2.24) is 4.98 Å². The Balaban J connectivity index is 2.27. The molecule has 0 saturated heterocycles. The van der Waals surface area contributed by atoms with E-state index in [1.165, 1.54) is 24.4 Å². The molecular weight excluding hydrogens is 243 g/mol. The van der Waals surface area contributed by atoms with Crippen LogP contribution in [-0.4, -0.2) is 10.9 Å². The van der Waals surface area contributed by atoms with Crippen LogP contribution in [0.15, 0.2) is 42.7 Å². The van der Waals surface area contributed by atoms with E-state index in [4.69, 9.17) is 11.6 Å². The topological polar surface area (TPSA) is 42.0 Å². The number of nitrogens with one attached hydrogen (secondary N) is 1. The lowest BCUT2D eigenvalue weighted by Crippen LogP contribution is -2.14. The maximum absolute atomic E-state index is 13.4. The number of carbonyl (C=O) groups is 1. The molecule has 0 aliphatic carbocycles. The standard InChI is InChI=1S/C12H8ClFN2O/c13-9-4-1-5-10(14)11(9)12(17)16-8-3-2-6-15-7-8/h1-7H,(H,16,17). The molecule has 0 unspecified atom stereocenters. The summed E-state index contributed by atoms with van der Waals surface area (Å²) in [5, 5.41) is 2.59. The largest absolute Gasteiger partial charge is 0.320 e. The summed E-state index contributed by atoms with van der Waals surface area (Å²) in [4.78, 5) is 15.6. The molecule has 1 aromatic carbocycles. The van der Waals surface area contributed by atoms with Gasteiger partial charge in [-0.25, -0.2) is 4.39 Å². The third-order valence-corrected chi connectivity index (χ3v) is 2.42. The van der Waals surface area contributed by atoms with Crippen LogP contribution < -0.4 is 5.32 Å². The molecule has 0 saturated carbocycles. The van der Waals surface area contributed by atoms with Gasteiger partial charge in [0.1, 0.15) is 5.82 Å². The van der Waals surface area contributed by atoms with Crippen LogP contribution in [0, 0.1) is 5.82 Å². The Kier molecular flexibility index (Phi) is 3.35. The molecule has 5 heteroatoms. The molecule has 17 heavy (non-hydrogen) atoms. The normalized spacial score (nSPS) is 10.0. The lowest BCUT2D eigenvalue weighted by atomic mass is 10.2. The number of rotatable bonds is 2. The van der Waals surface area contributed by atoms with Gasteiger partial charge in [-0.1, -0.05) is 17.7 Å². The molecule has 0 aliphatic heterocycles. The average Bonchev–Trinajstić information content (AvgIpc) is 2.30. The first kappa shape index (κ1) is 11.5. The van der Waals surface area contributed by atoms with Gasteiger partial charge in [-0.3, -0.25) is 9.78 Å². The number of nitrogens with zero attached hydrogens (tertiary/aromatic N) is 1. The maximum Gasteiger partial charge on any atom is 0.260 e. The van der Waals surface area contributed by atoms with Gasteiger partial charge in [-0.15, -0.1) is 0 Å². The maximum atomic E-state index is 13.4. The van der Waals surface area contributed by atoms with Gasteiger partial charge in [-0.2, -0.15) is 0 Å². The van der Waals surface area contributed by atoms with Gasteiger partial charge in [-0.05, 0) is 24.3 Å². The number of anilines is 1. The Morgan fingerprint density at radius 1 is 1.29 bits per heavy atom. The Labute approximate surface area is 102 Å². The number of amides is 1. The second-order valence-corrected chi connectivity index (χ2v) is 3.70. The van der Waals surface area contributed by atoms with E-state index in [0.717, 1.165) is 0 Å². The number of carbonyl (C=O) groups excluding carboxylic acids is 1. The Hall–Kier alpha value is -1.94. The summed E-state index contributed by atoms with van der Waals surface area (Å²) in [6.07, 6.45) is 3.04. The van der Waals surface area contributed by atoms with Crippen molar-refractivity contribution in [3.8, 4) is 0 Å². The van der Waals surface area contributed by atoms with Gasteiger partial charge < -0.3 is 5.32 Å². The molecule has 86 valence electrons. The molecule has 1 N–H and O–H groups in total.